The van der Waals surface area contributed by atoms with Crippen molar-refractivity contribution in [3.8, 4) is 0 Å². The highest BCUT2D eigenvalue weighted by Crippen LogP contribution is 2.27. The summed E-state index contributed by atoms with van der Waals surface area (Å²) >= 11 is 11.8. The molecular weight excluding hydrogens is 279 g/mol. The number of halogens is 2. The molecule has 2 aromatic carbocycles. The van der Waals surface area contributed by atoms with Gasteiger partial charge >= 0.3 is 0 Å². The van der Waals surface area contributed by atoms with Gasteiger partial charge in [-0.25, -0.2) is 0 Å². The fourth-order valence-corrected chi connectivity index (χ4v) is 2.36. The Morgan fingerprint density at radius 2 is 1.84 bits per heavy atom. The van der Waals surface area contributed by atoms with Crippen LogP contribution in [0.15, 0.2) is 42.5 Å². The first kappa shape index (κ1) is 14.4. The Morgan fingerprint density at radius 3 is 2.53 bits per heavy atom. The Bertz CT molecular complexity index is 566. The van der Waals surface area contributed by atoms with Crippen molar-refractivity contribution in [3.63, 3.8) is 0 Å². The van der Waals surface area contributed by atoms with E-state index in [2.05, 4.69) is 25.1 Å². The molecule has 0 aliphatic rings. The van der Waals surface area contributed by atoms with E-state index < -0.39 is 6.10 Å². The summed E-state index contributed by atoms with van der Waals surface area (Å²) in [4.78, 5) is 0. The van der Waals surface area contributed by atoms with Gasteiger partial charge in [0.15, 0.2) is 0 Å². The van der Waals surface area contributed by atoms with Gasteiger partial charge in [0.25, 0.3) is 0 Å². The molecule has 0 aliphatic carbocycles. The van der Waals surface area contributed by atoms with E-state index in [1.807, 2.05) is 12.1 Å². The summed E-state index contributed by atoms with van der Waals surface area (Å²) in [6.45, 7) is 2.07. The molecule has 2 aromatic rings. The number of rotatable bonds is 4. The molecule has 2 rings (SSSR count). The number of aryl methyl sites for hydroxylation is 2. The van der Waals surface area contributed by atoms with E-state index in [0.717, 1.165) is 12.0 Å². The van der Waals surface area contributed by atoms with Crippen LogP contribution in [0.3, 0.4) is 0 Å². The molecule has 0 aliphatic heterocycles. The van der Waals surface area contributed by atoms with Crippen molar-refractivity contribution in [1.82, 2.24) is 0 Å². The molecule has 0 radical (unpaired) electrons. The zero-order chi connectivity index (χ0) is 13.8. The summed E-state index contributed by atoms with van der Waals surface area (Å²) in [6, 6.07) is 13.6. The molecule has 0 heterocycles. The molecule has 100 valence electrons. The predicted molar refractivity (Wildman–Crippen MR) is 80.9 cm³/mol. The number of hydrogen-bond acceptors (Lipinski definition) is 1. The summed E-state index contributed by atoms with van der Waals surface area (Å²) in [6.07, 6.45) is 0.986. The maximum atomic E-state index is 10.2. The van der Waals surface area contributed by atoms with Crippen molar-refractivity contribution in [2.45, 2.75) is 25.9 Å². The maximum absolute atomic E-state index is 10.2. The van der Waals surface area contributed by atoms with Gasteiger partial charge in [-0.1, -0.05) is 59.1 Å². The Balaban J connectivity index is 2.01. The highest BCUT2D eigenvalue weighted by molar-refractivity contribution is 6.42. The van der Waals surface area contributed by atoms with Crippen LogP contribution in [0.5, 0.6) is 0 Å². The van der Waals surface area contributed by atoms with Crippen molar-refractivity contribution < 1.29 is 5.11 Å². The third-order valence-electron chi connectivity index (χ3n) is 3.12. The van der Waals surface area contributed by atoms with Crippen molar-refractivity contribution >= 4 is 23.2 Å². The van der Waals surface area contributed by atoms with E-state index >= 15 is 0 Å². The van der Waals surface area contributed by atoms with Gasteiger partial charge in [-0.2, -0.15) is 0 Å². The second kappa shape index (κ2) is 6.42. The minimum atomic E-state index is -0.518. The first-order valence-electron chi connectivity index (χ1n) is 6.25. The van der Waals surface area contributed by atoms with Gasteiger partial charge in [0.05, 0.1) is 16.1 Å². The monoisotopic (exact) mass is 294 g/mol. The highest BCUT2D eigenvalue weighted by Gasteiger charge is 2.09. The largest absolute Gasteiger partial charge is 0.388 e. The Labute approximate surface area is 123 Å². The van der Waals surface area contributed by atoms with Gasteiger partial charge in [-0.3, -0.25) is 0 Å². The number of hydrogen-bond donors (Lipinski definition) is 1. The van der Waals surface area contributed by atoms with Crippen LogP contribution in [0.4, 0.5) is 0 Å². The predicted octanol–water partition coefficient (Wildman–Crippen LogP) is 4.97. The van der Waals surface area contributed by atoms with E-state index in [4.69, 9.17) is 23.2 Å². The summed E-state index contributed by atoms with van der Waals surface area (Å²) in [7, 11) is 0. The standard InChI is InChI=1S/C16H16Cl2O/c1-11-3-2-4-12(9-11)5-8-16(19)13-6-7-14(17)15(18)10-13/h2-4,6-7,9-10,16,19H,5,8H2,1H3. The molecule has 0 bridgehead atoms. The maximum Gasteiger partial charge on any atom is 0.0793 e. The van der Waals surface area contributed by atoms with E-state index in [1.54, 1.807) is 12.1 Å². The van der Waals surface area contributed by atoms with Crippen molar-refractivity contribution in [3.05, 3.63) is 69.2 Å². The van der Waals surface area contributed by atoms with Gasteiger partial charge in [-0.15, -0.1) is 0 Å². The summed E-state index contributed by atoms with van der Waals surface area (Å²) in [5, 5.41) is 11.2. The number of aliphatic hydroxyl groups is 1. The molecular formula is C16H16Cl2O. The fourth-order valence-electron chi connectivity index (χ4n) is 2.06. The second-order valence-electron chi connectivity index (χ2n) is 4.72. The van der Waals surface area contributed by atoms with Crippen LogP contribution in [0.25, 0.3) is 0 Å². The van der Waals surface area contributed by atoms with Gasteiger partial charge in [0.2, 0.25) is 0 Å². The van der Waals surface area contributed by atoms with Gasteiger partial charge < -0.3 is 5.11 Å². The van der Waals surface area contributed by atoms with Crippen molar-refractivity contribution in [2.24, 2.45) is 0 Å². The first-order chi connectivity index (χ1) is 9.06. The lowest BCUT2D eigenvalue weighted by Gasteiger charge is -2.12. The average Bonchev–Trinajstić information content (AvgIpc) is 2.39. The first-order valence-corrected chi connectivity index (χ1v) is 7.00. The molecule has 0 spiro atoms. The number of benzene rings is 2. The van der Waals surface area contributed by atoms with E-state index in [1.165, 1.54) is 11.1 Å². The average molecular weight is 295 g/mol. The van der Waals surface area contributed by atoms with Gasteiger partial charge in [-0.05, 0) is 43.0 Å². The van der Waals surface area contributed by atoms with Gasteiger partial charge in [0, 0.05) is 0 Å². The van der Waals surface area contributed by atoms with Crippen LogP contribution >= 0.6 is 23.2 Å². The Morgan fingerprint density at radius 1 is 1.05 bits per heavy atom. The minimum Gasteiger partial charge on any atom is -0.388 e. The highest BCUT2D eigenvalue weighted by atomic mass is 35.5. The minimum absolute atomic E-state index is 0.480. The topological polar surface area (TPSA) is 20.2 Å². The SMILES string of the molecule is Cc1cccc(CCC(O)c2ccc(Cl)c(Cl)c2)c1. The summed E-state index contributed by atoms with van der Waals surface area (Å²) < 4.78 is 0. The molecule has 0 saturated heterocycles. The van der Waals surface area contributed by atoms with Crippen LogP contribution in [0.2, 0.25) is 10.0 Å². The molecule has 1 N–H and O–H groups in total. The van der Waals surface area contributed by atoms with Crippen molar-refractivity contribution in [2.75, 3.05) is 0 Å². The van der Waals surface area contributed by atoms with Crippen LogP contribution in [-0.2, 0) is 6.42 Å². The number of aliphatic hydroxyl groups excluding tert-OH is 1. The van der Waals surface area contributed by atoms with Crippen LogP contribution in [0, 0.1) is 6.92 Å². The third-order valence-corrected chi connectivity index (χ3v) is 3.86. The van der Waals surface area contributed by atoms with Gasteiger partial charge in [0.1, 0.15) is 0 Å². The third kappa shape index (κ3) is 3.97. The molecule has 0 saturated carbocycles. The molecule has 0 aromatic heterocycles. The summed E-state index contributed by atoms with van der Waals surface area (Å²) in [5.41, 5.74) is 3.28. The lowest BCUT2D eigenvalue weighted by Crippen LogP contribution is -2.00. The molecule has 0 fully saturated rings. The Kier molecular flexibility index (Phi) is 4.87. The van der Waals surface area contributed by atoms with E-state index in [0.29, 0.717) is 16.5 Å². The van der Waals surface area contributed by atoms with Crippen LogP contribution < -0.4 is 0 Å². The van der Waals surface area contributed by atoms with E-state index in [-0.39, 0.29) is 0 Å². The normalized spacial score (nSPS) is 12.4. The molecule has 1 nitrogen and oxygen atoms in total. The second-order valence-corrected chi connectivity index (χ2v) is 5.53. The van der Waals surface area contributed by atoms with Crippen molar-refractivity contribution in [1.29, 1.82) is 0 Å². The lowest BCUT2D eigenvalue weighted by atomic mass is 10.0. The van der Waals surface area contributed by atoms with Crippen LogP contribution in [-0.4, -0.2) is 5.11 Å². The molecule has 0 amide bonds. The lowest BCUT2D eigenvalue weighted by molar-refractivity contribution is 0.168. The fraction of sp³-hybridized carbons (Fsp3) is 0.250. The molecule has 3 heteroatoms. The zero-order valence-corrected chi connectivity index (χ0v) is 12.2. The molecule has 1 atom stereocenters. The zero-order valence-electron chi connectivity index (χ0n) is 10.7. The molecule has 1 unspecified atom stereocenters. The van der Waals surface area contributed by atoms with Crippen LogP contribution in [0.1, 0.15) is 29.2 Å². The summed E-state index contributed by atoms with van der Waals surface area (Å²) in [5.74, 6) is 0. The Hall–Kier alpha value is -1.02. The molecule has 19 heavy (non-hydrogen) atoms. The smallest absolute Gasteiger partial charge is 0.0793 e. The van der Waals surface area contributed by atoms with E-state index in [9.17, 15) is 5.11 Å². The quantitative estimate of drug-likeness (QED) is 0.844.